The van der Waals surface area contributed by atoms with E-state index >= 15 is 0 Å². The second kappa shape index (κ2) is 2.09. The molecule has 0 bridgehead atoms. The first-order valence-corrected chi connectivity index (χ1v) is 3.66. The number of benzene rings is 1. The zero-order chi connectivity index (χ0) is 7.84. The average molecular weight is 147 g/mol. The predicted molar refractivity (Wildman–Crippen MR) is 44.0 cm³/mol. The molecule has 11 heavy (non-hydrogen) atoms. The van der Waals surface area contributed by atoms with E-state index in [4.69, 9.17) is 0 Å². The van der Waals surface area contributed by atoms with Crippen molar-refractivity contribution >= 4 is 11.5 Å². The number of Topliss-reactive ketones (excluding diaryl/α,β-unsaturated/α-hetero) is 1. The smallest absolute Gasteiger partial charge is 0.183 e. The SMILES string of the molecule is Cc1cccc2c1NCC2=O. The van der Waals surface area contributed by atoms with Gasteiger partial charge < -0.3 is 5.32 Å². The van der Waals surface area contributed by atoms with E-state index in [2.05, 4.69) is 5.32 Å². The van der Waals surface area contributed by atoms with Crippen LogP contribution in [-0.2, 0) is 0 Å². The lowest BCUT2D eigenvalue weighted by Crippen LogP contribution is -2.00. The second-order valence-electron chi connectivity index (χ2n) is 2.77. The Morgan fingerprint density at radius 1 is 1.45 bits per heavy atom. The molecule has 1 heterocycles. The maximum Gasteiger partial charge on any atom is 0.183 e. The number of para-hydroxylation sites is 1. The van der Waals surface area contributed by atoms with E-state index in [1.165, 1.54) is 0 Å². The van der Waals surface area contributed by atoms with Gasteiger partial charge in [0.05, 0.1) is 6.54 Å². The molecule has 0 aliphatic carbocycles. The van der Waals surface area contributed by atoms with Crippen LogP contribution >= 0.6 is 0 Å². The van der Waals surface area contributed by atoms with E-state index < -0.39 is 0 Å². The van der Waals surface area contributed by atoms with E-state index in [1.807, 2.05) is 25.1 Å². The third-order valence-corrected chi connectivity index (χ3v) is 2.00. The summed E-state index contributed by atoms with van der Waals surface area (Å²) in [6.07, 6.45) is 0. The molecule has 0 radical (unpaired) electrons. The molecule has 2 rings (SSSR count). The van der Waals surface area contributed by atoms with Crippen LogP contribution in [0.3, 0.4) is 0 Å². The maximum atomic E-state index is 11.2. The number of aryl methyl sites for hydroxylation is 1. The van der Waals surface area contributed by atoms with Crippen LogP contribution in [0.4, 0.5) is 5.69 Å². The summed E-state index contributed by atoms with van der Waals surface area (Å²) in [5.41, 5.74) is 3.00. The Morgan fingerprint density at radius 2 is 2.27 bits per heavy atom. The van der Waals surface area contributed by atoms with E-state index in [0.717, 1.165) is 16.8 Å². The first-order valence-electron chi connectivity index (χ1n) is 3.66. The van der Waals surface area contributed by atoms with E-state index in [0.29, 0.717) is 6.54 Å². The molecular weight excluding hydrogens is 138 g/mol. The molecule has 0 aromatic heterocycles. The summed E-state index contributed by atoms with van der Waals surface area (Å²) >= 11 is 0. The van der Waals surface area contributed by atoms with Crippen LogP contribution in [0.1, 0.15) is 15.9 Å². The first-order chi connectivity index (χ1) is 5.29. The zero-order valence-corrected chi connectivity index (χ0v) is 6.35. The third kappa shape index (κ3) is 0.827. The van der Waals surface area contributed by atoms with Gasteiger partial charge in [0.2, 0.25) is 0 Å². The monoisotopic (exact) mass is 147 g/mol. The Balaban J connectivity index is 2.66. The van der Waals surface area contributed by atoms with Gasteiger partial charge in [0.25, 0.3) is 0 Å². The lowest BCUT2D eigenvalue weighted by Gasteiger charge is -2.00. The first kappa shape index (κ1) is 6.40. The number of hydrogen-bond donors (Lipinski definition) is 1. The highest BCUT2D eigenvalue weighted by molar-refractivity contribution is 6.08. The lowest BCUT2D eigenvalue weighted by atomic mass is 10.1. The molecule has 0 spiro atoms. The van der Waals surface area contributed by atoms with Crippen LogP contribution < -0.4 is 5.32 Å². The Kier molecular flexibility index (Phi) is 1.22. The minimum absolute atomic E-state index is 0.198. The van der Waals surface area contributed by atoms with Crippen molar-refractivity contribution in [3.8, 4) is 0 Å². The number of ketones is 1. The number of anilines is 1. The van der Waals surface area contributed by atoms with Crippen molar-refractivity contribution in [3.05, 3.63) is 29.3 Å². The fraction of sp³-hybridized carbons (Fsp3) is 0.222. The number of rotatable bonds is 0. The second-order valence-corrected chi connectivity index (χ2v) is 2.77. The Labute approximate surface area is 65.2 Å². The van der Waals surface area contributed by atoms with Crippen molar-refractivity contribution in [3.63, 3.8) is 0 Å². The van der Waals surface area contributed by atoms with Crippen LogP contribution in [0.15, 0.2) is 18.2 Å². The molecule has 0 fully saturated rings. The van der Waals surface area contributed by atoms with Gasteiger partial charge in [-0.3, -0.25) is 4.79 Å². The van der Waals surface area contributed by atoms with Gasteiger partial charge in [-0.25, -0.2) is 0 Å². The van der Waals surface area contributed by atoms with Crippen LogP contribution in [-0.4, -0.2) is 12.3 Å². The van der Waals surface area contributed by atoms with Gasteiger partial charge in [-0.2, -0.15) is 0 Å². The van der Waals surface area contributed by atoms with Crippen LogP contribution in [0.2, 0.25) is 0 Å². The van der Waals surface area contributed by atoms with Gasteiger partial charge in [0.1, 0.15) is 0 Å². The summed E-state index contributed by atoms with van der Waals surface area (Å²) in [6.45, 7) is 2.46. The fourth-order valence-corrected chi connectivity index (χ4v) is 1.40. The highest BCUT2D eigenvalue weighted by Crippen LogP contribution is 2.24. The summed E-state index contributed by atoms with van der Waals surface area (Å²) in [4.78, 5) is 11.2. The summed E-state index contributed by atoms with van der Waals surface area (Å²) in [6, 6.07) is 5.79. The Hall–Kier alpha value is -1.31. The molecule has 0 unspecified atom stereocenters. The standard InChI is InChI=1S/C9H9NO/c1-6-3-2-4-7-8(11)5-10-9(6)7/h2-4,10H,5H2,1H3. The number of fused-ring (bicyclic) bond motifs is 1. The quantitative estimate of drug-likeness (QED) is 0.604. The molecule has 1 aromatic carbocycles. The van der Waals surface area contributed by atoms with Crippen LogP contribution in [0, 0.1) is 6.92 Å². The third-order valence-electron chi connectivity index (χ3n) is 2.00. The summed E-state index contributed by atoms with van der Waals surface area (Å²) in [5, 5.41) is 3.07. The Bertz CT molecular complexity index is 317. The van der Waals surface area contributed by atoms with Gasteiger partial charge in [0.15, 0.2) is 5.78 Å². The van der Waals surface area contributed by atoms with Gasteiger partial charge in [-0.15, -0.1) is 0 Å². The molecule has 0 atom stereocenters. The van der Waals surface area contributed by atoms with Crippen LogP contribution in [0.25, 0.3) is 0 Å². The van der Waals surface area contributed by atoms with Gasteiger partial charge >= 0.3 is 0 Å². The summed E-state index contributed by atoms with van der Waals surface area (Å²) in [5.74, 6) is 0.198. The van der Waals surface area contributed by atoms with Crippen molar-refractivity contribution < 1.29 is 4.79 Å². The molecule has 1 N–H and O–H groups in total. The predicted octanol–water partition coefficient (Wildman–Crippen LogP) is 1.60. The molecular formula is C9H9NO. The van der Waals surface area contributed by atoms with Crippen molar-refractivity contribution in [2.45, 2.75) is 6.92 Å². The molecule has 0 saturated heterocycles. The molecule has 2 heteroatoms. The highest BCUT2D eigenvalue weighted by atomic mass is 16.1. The van der Waals surface area contributed by atoms with Gasteiger partial charge in [0, 0.05) is 11.3 Å². The van der Waals surface area contributed by atoms with Gasteiger partial charge in [-0.1, -0.05) is 12.1 Å². The highest BCUT2D eigenvalue weighted by Gasteiger charge is 2.18. The molecule has 1 aromatic rings. The molecule has 1 aliphatic rings. The number of nitrogens with one attached hydrogen (secondary N) is 1. The number of carbonyl (C=O) groups excluding carboxylic acids is 1. The largest absolute Gasteiger partial charge is 0.377 e. The molecule has 2 nitrogen and oxygen atoms in total. The van der Waals surface area contributed by atoms with E-state index in [1.54, 1.807) is 0 Å². The van der Waals surface area contributed by atoms with Crippen molar-refractivity contribution in [1.29, 1.82) is 0 Å². The Morgan fingerprint density at radius 3 is 3.00 bits per heavy atom. The summed E-state index contributed by atoms with van der Waals surface area (Å²) < 4.78 is 0. The topological polar surface area (TPSA) is 29.1 Å². The van der Waals surface area contributed by atoms with E-state index in [9.17, 15) is 4.79 Å². The van der Waals surface area contributed by atoms with E-state index in [-0.39, 0.29) is 5.78 Å². The van der Waals surface area contributed by atoms with Crippen molar-refractivity contribution in [2.24, 2.45) is 0 Å². The maximum absolute atomic E-state index is 11.2. The van der Waals surface area contributed by atoms with Crippen LogP contribution in [0.5, 0.6) is 0 Å². The summed E-state index contributed by atoms with van der Waals surface area (Å²) in [7, 11) is 0. The number of hydrogen-bond acceptors (Lipinski definition) is 2. The fourth-order valence-electron chi connectivity index (χ4n) is 1.40. The minimum Gasteiger partial charge on any atom is -0.377 e. The average Bonchev–Trinajstić information content (AvgIpc) is 2.35. The zero-order valence-electron chi connectivity index (χ0n) is 6.35. The van der Waals surface area contributed by atoms with Crippen molar-refractivity contribution in [2.75, 3.05) is 11.9 Å². The molecule has 1 aliphatic heterocycles. The number of carbonyl (C=O) groups is 1. The lowest BCUT2D eigenvalue weighted by molar-refractivity contribution is 0.101. The molecule has 0 amide bonds. The normalized spacial score (nSPS) is 14.5. The van der Waals surface area contributed by atoms with Gasteiger partial charge in [-0.05, 0) is 18.6 Å². The minimum atomic E-state index is 0.198. The van der Waals surface area contributed by atoms with Crippen molar-refractivity contribution in [1.82, 2.24) is 0 Å². The molecule has 0 saturated carbocycles. The molecule has 56 valence electrons.